The van der Waals surface area contributed by atoms with Gasteiger partial charge in [0.2, 0.25) is 0 Å². The van der Waals surface area contributed by atoms with Crippen LogP contribution in [0.3, 0.4) is 0 Å². The van der Waals surface area contributed by atoms with Crippen molar-refractivity contribution in [1.82, 2.24) is 4.90 Å². The molecule has 1 saturated carbocycles. The fourth-order valence-electron chi connectivity index (χ4n) is 3.40. The first-order valence-electron chi connectivity index (χ1n) is 6.72. The first kappa shape index (κ1) is 11.4. The first-order chi connectivity index (χ1) is 7.27. The van der Waals surface area contributed by atoms with Crippen molar-refractivity contribution in [1.29, 1.82) is 0 Å². The lowest BCUT2D eigenvalue weighted by Crippen LogP contribution is -2.52. The summed E-state index contributed by atoms with van der Waals surface area (Å²) in [6.07, 6.45) is 9.63. The number of nitrogens with two attached hydrogens (primary N) is 1. The molecule has 0 aromatic carbocycles. The van der Waals surface area contributed by atoms with Gasteiger partial charge >= 0.3 is 0 Å². The van der Waals surface area contributed by atoms with Crippen molar-refractivity contribution in [3.8, 4) is 0 Å². The summed E-state index contributed by atoms with van der Waals surface area (Å²) >= 11 is 0. The molecule has 1 aliphatic heterocycles. The molecule has 0 aromatic heterocycles. The van der Waals surface area contributed by atoms with E-state index in [9.17, 15) is 0 Å². The van der Waals surface area contributed by atoms with Crippen LogP contribution in [0.25, 0.3) is 0 Å². The van der Waals surface area contributed by atoms with E-state index in [1.54, 1.807) is 0 Å². The molecule has 2 atom stereocenters. The molecule has 1 aliphatic carbocycles. The Morgan fingerprint density at radius 1 is 1.13 bits per heavy atom. The highest BCUT2D eigenvalue weighted by molar-refractivity contribution is 4.95. The summed E-state index contributed by atoms with van der Waals surface area (Å²) in [6.45, 7) is 5.87. The van der Waals surface area contributed by atoms with E-state index in [0.29, 0.717) is 5.54 Å². The highest BCUT2D eigenvalue weighted by Gasteiger charge is 2.37. The van der Waals surface area contributed by atoms with Gasteiger partial charge in [0.1, 0.15) is 0 Å². The quantitative estimate of drug-likeness (QED) is 0.709. The smallest absolute Gasteiger partial charge is 0.0331 e. The van der Waals surface area contributed by atoms with E-state index in [2.05, 4.69) is 11.8 Å². The monoisotopic (exact) mass is 210 g/mol. The lowest BCUT2D eigenvalue weighted by molar-refractivity contribution is 0.104. The fraction of sp³-hybridized carbons (Fsp3) is 1.00. The molecule has 1 saturated heterocycles. The van der Waals surface area contributed by atoms with Crippen LogP contribution in [-0.2, 0) is 0 Å². The molecule has 0 aromatic rings. The largest absolute Gasteiger partial charge is 0.329 e. The standard InChI is InChI=1S/C13H26N2/c1-12-5-4-7-13(11-14,8-6-12)15-9-2-3-10-15/h12H,2-11,14H2,1H3. The Morgan fingerprint density at radius 3 is 2.53 bits per heavy atom. The number of likely N-dealkylation sites (tertiary alicyclic amines) is 1. The molecule has 0 radical (unpaired) electrons. The molecule has 2 aliphatic rings. The molecule has 2 heteroatoms. The van der Waals surface area contributed by atoms with Gasteiger partial charge in [-0.25, -0.2) is 0 Å². The van der Waals surface area contributed by atoms with Crippen molar-refractivity contribution in [2.24, 2.45) is 11.7 Å². The van der Waals surface area contributed by atoms with Gasteiger partial charge in [0.25, 0.3) is 0 Å². The van der Waals surface area contributed by atoms with Crippen LogP contribution >= 0.6 is 0 Å². The minimum Gasteiger partial charge on any atom is -0.329 e. The van der Waals surface area contributed by atoms with Crippen molar-refractivity contribution in [2.75, 3.05) is 19.6 Å². The van der Waals surface area contributed by atoms with Crippen molar-refractivity contribution >= 4 is 0 Å². The molecule has 2 fully saturated rings. The molecule has 0 spiro atoms. The minimum absolute atomic E-state index is 0.376. The van der Waals surface area contributed by atoms with Crippen LogP contribution in [-0.4, -0.2) is 30.1 Å². The zero-order valence-corrected chi connectivity index (χ0v) is 10.2. The topological polar surface area (TPSA) is 29.3 Å². The van der Waals surface area contributed by atoms with Crippen LogP contribution in [0, 0.1) is 5.92 Å². The van der Waals surface area contributed by atoms with Gasteiger partial charge in [0, 0.05) is 12.1 Å². The number of hydrogen-bond donors (Lipinski definition) is 1. The Morgan fingerprint density at radius 2 is 1.87 bits per heavy atom. The predicted molar refractivity (Wildman–Crippen MR) is 64.8 cm³/mol. The van der Waals surface area contributed by atoms with Crippen LogP contribution in [0.15, 0.2) is 0 Å². The number of hydrogen-bond acceptors (Lipinski definition) is 2. The van der Waals surface area contributed by atoms with E-state index < -0.39 is 0 Å². The normalized spacial score (nSPS) is 39.2. The van der Waals surface area contributed by atoms with E-state index in [-0.39, 0.29) is 0 Å². The summed E-state index contributed by atoms with van der Waals surface area (Å²) in [5.74, 6) is 0.918. The highest BCUT2D eigenvalue weighted by atomic mass is 15.2. The van der Waals surface area contributed by atoms with Crippen molar-refractivity contribution in [2.45, 2.75) is 57.4 Å². The van der Waals surface area contributed by atoms with Crippen molar-refractivity contribution in [3.05, 3.63) is 0 Å². The second-order valence-corrected chi connectivity index (χ2v) is 5.66. The first-order valence-corrected chi connectivity index (χ1v) is 6.72. The van der Waals surface area contributed by atoms with Crippen molar-refractivity contribution in [3.63, 3.8) is 0 Å². The third-order valence-corrected chi connectivity index (χ3v) is 4.60. The Hall–Kier alpha value is -0.0800. The second kappa shape index (κ2) is 4.84. The third-order valence-electron chi connectivity index (χ3n) is 4.60. The molecule has 2 unspecified atom stereocenters. The van der Waals surface area contributed by atoms with Crippen LogP contribution in [0.5, 0.6) is 0 Å². The van der Waals surface area contributed by atoms with Gasteiger partial charge in [0.05, 0.1) is 0 Å². The summed E-state index contributed by atoms with van der Waals surface area (Å²) in [4.78, 5) is 2.70. The Labute approximate surface area is 94.2 Å². The van der Waals surface area contributed by atoms with Crippen LogP contribution in [0.1, 0.15) is 51.9 Å². The zero-order valence-electron chi connectivity index (χ0n) is 10.2. The van der Waals surface area contributed by atoms with Gasteiger partial charge in [-0.15, -0.1) is 0 Å². The van der Waals surface area contributed by atoms with E-state index in [0.717, 1.165) is 12.5 Å². The molecule has 2 nitrogen and oxygen atoms in total. The predicted octanol–water partition coefficient (Wildman–Crippen LogP) is 2.38. The zero-order chi connectivity index (χ0) is 10.7. The average Bonchev–Trinajstić information content (AvgIpc) is 2.71. The molecule has 0 amide bonds. The maximum absolute atomic E-state index is 6.09. The minimum atomic E-state index is 0.376. The van der Waals surface area contributed by atoms with E-state index in [4.69, 9.17) is 5.73 Å². The molecular weight excluding hydrogens is 184 g/mol. The summed E-state index contributed by atoms with van der Waals surface area (Å²) in [6, 6.07) is 0. The molecule has 1 heterocycles. The fourth-order valence-corrected chi connectivity index (χ4v) is 3.40. The van der Waals surface area contributed by atoms with E-state index >= 15 is 0 Å². The summed E-state index contributed by atoms with van der Waals surface area (Å²) in [5, 5.41) is 0. The Bertz CT molecular complexity index is 199. The lowest BCUT2D eigenvalue weighted by Gasteiger charge is -2.41. The molecule has 2 N–H and O–H groups in total. The van der Waals surface area contributed by atoms with Crippen LogP contribution < -0.4 is 5.73 Å². The second-order valence-electron chi connectivity index (χ2n) is 5.66. The van der Waals surface area contributed by atoms with E-state index in [1.165, 1.54) is 58.0 Å². The molecule has 88 valence electrons. The Balaban J connectivity index is 2.05. The summed E-state index contributed by atoms with van der Waals surface area (Å²) in [5.41, 5.74) is 6.47. The SMILES string of the molecule is CC1CCCC(CN)(N2CCCC2)CC1. The van der Waals surface area contributed by atoms with Crippen LogP contribution in [0.2, 0.25) is 0 Å². The molecule has 2 rings (SSSR count). The van der Waals surface area contributed by atoms with E-state index in [1.807, 2.05) is 0 Å². The van der Waals surface area contributed by atoms with Crippen LogP contribution in [0.4, 0.5) is 0 Å². The molecular formula is C13H26N2. The summed E-state index contributed by atoms with van der Waals surface area (Å²) < 4.78 is 0. The van der Waals surface area contributed by atoms with Gasteiger partial charge in [0.15, 0.2) is 0 Å². The van der Waals surface area contributed by atoms with Gasteiger partial charge in [-0.1, -0.05) is 19.8 Å². The third kappa shape index (κ3) is 2.36. The van der Waals surface area contributed by atoms with Gasteiger partial charge in [-0.05, 0) is 51.1 Å². The lowest BCUT2D eigenvalue weighted by atomic mass is 9.88. The summed E-state index contributed by atoms with van der Waals surface area (Å²) in [7, 11) is 0. The molecule has 0 bridgehead atoms. The maximum Gasteiger partial charge on any atom is 0.0331 e. The maximum atomic E-state index is 6.09. The van der Waals surface area contributed by atoms with Gasteiger partial charge < -0.3 is 5.73 Å². The van der Waals surface area contributed by atoms with Gasteiger partial charge in [-0.3, -0.25) is 4.90 Å². The molecule has 15 heavy (non-hydrogen) atoms. The number of nitrogens with zero attached hydrogens (tertiary/aromatic N) is 1. The Kier molecular flexibility index (Phi) is 3.68. The van der Waals surface area contributed by atoms with Crippen molar-refractivity contribution < 1.29 is 0 Å². The van der Waals surface area contributed by atoms with Gasteiger partial charge in [-0.2, -0.15) is 0 Å². The average molecular weight is 210 g/mol. The highest BCUT2D eigenvalue weighted by Crippen LogP contribution is 2.35. The number of rotatable bonds is 2.